The molecule has 0 spiro atoms. The highest BCUT2D eigenvalue weighted by molar-refractivity contribution is 7.51. The normalized spacial score (nSPS) is 11.6. The van der Waals surface area contributed by atoms with E-state index >= 15 is 0 Å². The first-order valence-corrected chi connectivity index (χ1v) is 6.81. The molecule has 0 aliphatic heterocycles. The first-order chi connectivity index (χ1) is 6.45. The van der Waals surface area contributed by atoms with Crippen molar-refractivity contribution in [3.05, 3.63) is 0 Å². The first kappa shape index (κ1) is 13.8. The number of hydrogen-bond acceptors (Lipinski definition) is 2. The van der Waals surface area contributed by atoms with Crippen molar-refractivity contribution < 1.29 is 19.1 Å². The van der Waals surface area contributed by atoms with Gasteiger partial charge in [-0.3, -0.25) is 9.36 Å². The van der Waals surface area contributed by atoms with Crippen LogP contribution in [0.25, 0.3) is 0 Å². The third kappa shape index (κ3) is 9.90. The minimum atomic E-state index is -3.83. The summed E-state index contributed by atoms with van der Waals surface area (Å²) < 4.78 is 10.5. The first-order valence-electron chi connectivity index (χ1n) is 5.02. The number of carbonyl (C=O) groups excluding carboxylic acids is 1. The number of Topliss-reactive ketones (excluding diaryl/α,β-unsaturated/α-hetero) is 1. The molecule has 0 fully saturated rings. The molecule has 0 bridgehead atoms. The van der Waals surface area contributed by atoms with Crippen LogP contribution in [0.5, 0.6) is 0 Å². The summed E-state index contributed by atoms with van der Waals surface area (Å²) in [6.07, 6.45) is 3.97. The third-order valence-corrected chi connectivity index (χ3v) is 2.83. The highest BCUT2D eigenvalue weighted by atomic mass is 31.2. The second kappa shape index (κ2) is 7.16. The van der Waals surface area contributed by atoms with E-state index in [-0.39, 0.29) is 11.9 Å². The minimum absolute atomic E-state index is 0.0605. The molecule has 0 rings (SSSR count). The largest absolute Gasteiger partial charge is 0.325 e. The van der Waals surface area contributed by atoms with Gasteiger partial charge < -0.3 is 9.79 Å². The highest BCUT2D eigenvalue weighted by Crippen LogP contribution is 2.35. The van der Waals surface area contributed by atoms with Gasteiger partial charge in [0.2, 0.25) is 0 Å². The lowest BCUT2D eigenvalue weighted by atomic mass is 10.1. The zero-order chi connectivity index (χ0) is 11.0. The van der Waals surface area contributed by atoms with Crippen molar-refractivity contribution in [2.45, 2.75) is 45.4 Å². The zero-order valence-electron chi connectivity index (χ0n) is 8.61. The predicted molar refractivity (Wildman–Crippen MR) is 55.3 cm³/mol. The fourth-order valence-corrected chi connectivity index (χ4v) is 1.86. The molecule has 5 heteroatoms. The number of ketones is 1. The summed E-state index contributed by atoms with van der Waals surface area (Å²) in [5.41, 5.74) is 0. The van der Waals surface area contributed by atoms with Crippen molar-refractivity contribution in [3.8, 4) is 0 Å². The summed E-state index contributed by atoms with van der Waals surface area (Å²) in [4.78, 5) is 28.2. The van der Waals surface area contributed by atoms with E-state index in [4.69, 9.17) is 9.79 Å². The van der Waals surface area contributed by atoms with Crippen LogP contribution in [-0.4, -0.2) is 21.7 Å². The van der Waals surface area contributed by atoms with Crippen LogP contribution in [0.4, 0.5) is 0 Å². The summed E-state index contributed by atoms with van der Waals surface area (Å²) >= 11 is 0. The van der Waals surface area contributed by atoms with E-state index in [1.54, 1.807) is 0 Å². The van der Waals surface area contributed by atoms with Crippen molar-refractivity contribution >= 4 is 13.4 Å². The van der Waals surface area contributed by atoms with Gasteiger partial charge in [0.1, 0.15) is 5.78 Å². The molecular weight excluding hydrogens is 203 g/mol. The summed E-state index contributed by atoms with van der Waals surface area (Å²) in [6, 6.07) is 0. The summed E-state index contributed by atoms with van der Waals surface area (Å²) in [5, 5.41) is 0. The molecular formula is C9H19O4P. The molecule has 0 aliphatic rings. The molecule has 0 unspecified atom stereocenters. The van der Waals surface area contributed by atoms with Crippen LogP contribution in [0.2, 0.25) is 0 Å². The average molecular weight is 222 g/mol. The number of carbonyl (C=O) groups is 1. The van der Waals surface area contributed by atoms with Crippen LogP contribution in [0.15, 0.2) is 0 Å². The van der Waals surface area contributed by atoms with Gasteiger partial charge >= 0.3 is 7.60 Å². The molecule has 0 aromatic rings. The smallest absolute Gasteiger partial charge is 0.324 e. The van der Waals surface area contributed by atoms with E-state index in [1.165, 1.54) is 0 Å². The molecule has 0 amide bonds. The topological polar surface area (TPSA) is 74.6 Å². The Labute approximate surface area is 84.9 Å². The molecule has 0 aromatic carbocycles. The lowest BCUT2D eigenvalue weighted by Crippen LogP contribution is -1.97. The lowest BCUT2D eigenvalue weighted by Gasteiger charge is -2.02. The van der Waals surface area contributed by atoms with E-state index in [0.717, 1.165) is 19.3 Å². The summed E-state index contributed by atoms with van der Waals surface area (Å²) in [7, 11) is -3.83. The Morgan fingerprint density at radius 1 is 1.14 bits per heavy atom. The second-order valence-corrected chi connectivity index (χ2v) is 5.26. The fourth-order valence-electron chi connectivity index (χ4n) is 1.22. The van der Waals surface area contributed by atoms with Crippen LogP contribution in [0.3, 0.4) is 0 Å². The SMILES string of the molecule is CCCC(=O)CCCCCP(=O)(O)O. The van der Waals surface area contributed by atoms with Crippen LogP contribution >= 0.6 is 7.60 Å². The van der Waals surface area contributed by atoms with Gasteiger partial charge in [-0.25, -0.2) is 0 Å². The Bertz CT molecular complexity index is 209. The fraction of sp³-hybridized carbons (Fsp3) is 0.889. The third-order valence-electron chi connectivity index (χ3n) is 1.93. The average Bonchev–Trinajstić information content (AvgIpc) is 2.02. The maximum atomic E-state index is 11.0. The van der Waals surface area contributed by atoms with Gasteiger partial charge in [0, 0.05) is 19.0 Å². The molecule has 4 nitrogen and oxygen atoms in total. The van der Waals surface area contributed by atoms with E-state index in [1.807, 2.05) is 6.92 Å². The van der Waals surface area contributed by atoms with Gasteiger partial charge in [-0.05, 0) is 19.3 Å². The Kier molecular flexibility index (Phi) is 7.06. The standard InChI is InChI=1S/C9H19O4P/c1-2-6-9(10)7-4-3-5-8-14(11,12)13/h2-8H2,1H3,(H2,11,12,13). The van der Waals surface area contributed by atoms with Crippen molar-refractivity contribution in [2.24, 2.45) is 0 Å². The number of unbranched alkanes of at least 4 members (excludes halogenated alkanes) is 2. The molecule has 0 aromatic heterocycles. The maximum Gasteiger partial charge on any atom is 0.325 e. The van der Waals surface area contributed by atoms with Gasteiger partial charge in [-0.2, -0.15) is 0 Å². The van der Waals surface area contributed by atoms with Crippen molar-refractivity contribution in [1.82, 2.24) is 0 Å². The summed E-state index contributed by atoms with van der Waals surface area (Å²) in [5.74, 6) is 0.253. The number of rotatable bonds is 8. The van der Waals surface area contributed by atoms with Crippen molar-refractivity contribution in [2.75, 3.05) is 6.16 Å². The lowest BCUT2D eigenvalue weighted by molar-refractivity contribution is -0.119. The summed E-state index contributed by atoms with van der Waals surface area (Å²) in [6.45, 7) is 1.96. The van der Waals surface area contributed by atoms with Gasteiger partial charge in [0.15, 0.2) is 0 Å². The van der Waals surface area contributed by atoms with Gasteiger partial charge in [0.05, 0.1) is 0 Å². The molecule has 0 atom stereocenters. The van der Waals surface area contributed by atoms with E-state index < -0.39 is 7.60 Å². The zero-order valence-corrected chi connectivity index (χ0v) is 9.50. The Morgan fingerprint density at radius 2 is 1.79 bits per heavy atom. The monoisotopic (exact) mass is 222 g/mol. The molecule has 0 heterocycles. The minimum Gasteiger partial charge on any atom is -0.324 e. The van der Waals surface area contributed by atoms with E-state index in [9.17, 15) is 9.36 Å². The molecule has 0 saturated carbocycles. The van der Waals surface area contributed by atoms with E-state index in [0.29, 0.717) is 19.3 Å². The quantitative estimate of drug-likeness (QED) is 0.487. The highest BCUT2D eigenvalue weighted by Gasteiger charge is 2.11. The number of hydrogen-bond donors (Lipinski definition) is 2. The van der Waals surface area contributed by atoms with Gasteiger partial charge in [-0.1, -0.05) is 13.3 Å². The maximum absolute atomic E-state index is 11.0. The molecule has 0 radical (unpaired) electrons. The van der Waals surface area contributed by atoms with Crippen LogP contribution < -0.4 is 0 Å². The molecule has 2 N–H and O–H groups in total. The van der Waals surface area contributed by atoms with Gasteiger partial charge in [0.25, 0.3) is 0 Å². The Hall–Kier alpha value is -0.180. The molecule has 0 aliphatic carbocycles. The molecule has 84 valence electrons. The second-order valence-electron chi connectivity index (χ2n) is 3.49. The van der Waals surface area contributed by atoms with Crippen LogP contribution in [-0.2, 0) is 9.36 Å². The Morgan fingerprint density at radius 3 is 2.29 bits per heavy atom. The van der Waals surface area contributed by atoms with Gasteiger partial charge in [-0.15, -0.1) is 0 Å². The van der Waals surface area contributed by atoms with Crippen LogP contribution in [0, 0.1) is 0 Å². The molecule has 0 saturated heterocycles. The van der Waals surface area contributed by atoms with Crippen molar-refractivity contribution in [1.29, 1.82) is 0 Å². The van der Waals surface area contributed by atoms with Crippen LogP contribution in [0.1, 0.15) is 45.4 Å². The van der Waals surface area contributed by atoms with E-state index in [2.05, 4.69) is 0 Å². The Balaban J connectivity index is 3.30. The molecule has 14 heavy (non-hydrogen) atoms. The predicted octanol–water partition coefficient (Wildman–Crippen LogP) is 2.09. The van der Waals surface area contributed by atoms with Crippen molar-refractivity contribution in [3.63, 3.8) is 0 Å².